The number of carbonyl (C=O) groups is 2. The molecule has 0 saturated carbocycles. The molecule has 1 amide bonds. The predicted molar refractivity (Wildman–Crippen MR) is 100 cm³/mol. The second-order valence-corrected chi connectivity index (χ2v) is 5.67. The molecule has 0 spiro atoms. The number of nitrogens with zero attached hydrogens (tertiary/aromatic N) is 1. The topological polar surface area (TPSA) is 117 Å². The van der Waals surface area contributed by atoms with Crippen LogP contribution in [0.2, 0.25) is 0 Å². The number of benzene rings is 2. The molecule has 0 radical (unpaired) electrons. The highest BCUT2D eigenvalue weighted by molar-refractivity contribution is 5.97. The van der Waals surface area contributed by atoms with E-state index < -0.39 is 22.9 Å². The van der Waals surface area contributed by atoms with E-state index in [2.05, 4.69) is 5.32 Å². The Kier molecular flexibility index (Phi) is 7.32. The van der Waals surface area contributed by atoms with Crippen molar-refractivity contribution in [2.45, 2.75) is 19.4 Å². The molecule has 9 nitrogen and oxygen atoms in total. The zero-order valence-electron chi connectivity index (χ0n) is 15.4. The lowest BCUT2D eigenvalue weighted by Crippen LogP contribution is -2.30. The quantitative estimate of drug-likeness (QED) is 0.399. The second-order valence-electron chi connectivity index (χ2n) is 5.67. The largest absolute Gasteiger partial charge is 0.496 e. The number of carbonyl (C=O) groups excluding carboxylic acids is 2. The third-order valence-corrected chi connectivity index (χ3v) is 3.66. The first kappa shape index (κ1) is 20.7. The number of nitro benzene ring substituents is 1. The van der Waals surface area contributed by atoms with Gasteiger partial charge in [-0.25, -0.2) is 0 Å². The minimum atomic E-state index is -1.13. The molecule has 1 unspecified atom stereocenters. The van der Waals surface area contributed by atoms with Gasteiger partial charge in [0.05, 0.1) is 31.1 Å². The van der Waals surface area contributed by atoms with Crippen LogP contribution in [0.3, 0.4) is 0 Å². The number of anilines is 1. The van der Waals surface area contributed by atoms with Crippen molar-refractivity contribution >= 4 is 23.3 Å². The monoisotopic (exact) mass is 388 g/mol. The molecule has 0 fully saturated rings. The van der Waals surface area contributed by atoms with Gasteiger partial charge in [0.2, 0.25) is 0 Å². The van der Waals surface area contributed by atoms with Crippen molar-refractivity contribution in [1.29, 1.82) is 0 Å². The first-order valence-electron chi connectivity index (χ1n) is 8.41. The molecule has 2 aromatic rings. The Balaban J connectivity index is 1.87. The fraction of sp³-hybridized carbons (Fsp3) is 0.263. The molecular weight excluding hydrogens is 368 g/mol. The number of ether oxygens (including phenoxy) is 3. The van der Waals surface area contributed by atoms with E-state index in [-0.39, 0.29) is 30.2 Å². The molecule has 1 N–H and O–H groups in total. The number of hydrogen-bond donors (Lipinski definition) is 1. The zero-order chi connectivity index (χ0) is 20.5. The maximum atomic E-state index is 12.2. The van der Waals surface area contributed by atoms with Crippen LogP contribution in [0, 0.1) is 10.1 Å². The maximum Gasteiger partial charge on any atom is 0.310 e. The Morgan fingerprint density at radius 3 is 2.50 bits per heavy atom. The normalized spacial score (nSPS) is 11.2. The number of esters is 1. The summed E-state index contributed by atoms with van der Waals surface area (Å²) >= 11 is 0. The van der Waals surface area contributed by atoms with Gasteiger partial charge in [0, 0.05) is 0 Å². The average molecular weight is 388 g/mol. The van der Waals surface area contributed by atoms with E-state index in [1.165, 1.54) is 32.2 Å². The molecule has 28 heavy (non-hydrogen) atoms. The fourth-order valence-electron chi connectivity index (χ4n) is 2.21. The highest BCUT2D eigenvalue weighted by Crippen LogP contribution is 2.29. The van der Waals surface area contributed by atoms with Crippen molar-refractivity contribution in [3.8, 4) is 11.5 Å². The van der Waals surface area contributed by atoms with Crippen LogP contribution in [0.4, 0.5) is 11.4 Å². The summed E-state index contributed by atoms with van der Waals surface area (Å²) in [4.78, 5) is 34.6. The third-order valence-electron chi connectivity index (χ3n) is 3.66. The third kappa shape index (κ3) is 5.97. The minimum absolute atomic E-state index is 0.0221. The summed E-state index contributed by atoms with van der Waals surface area (Å²) in [5.41, 5.74) is -0.353. The van der Waals surface area contributed by atoms with Gasteiger partial charge in [-0.2, -0.15) is 0 Å². The summed E-state index contributed by atoms with van der Waals surface area (Å²) in [6, 6.07) is 13.0. The standard InChI is InChI=1S/C19H20N2O7/c1-13(28-18(22)10-11-27-14-6-4-3-5-7-14)19(23)20-16-9-8-15(26-2)12-17(16)21(24)25/h3-9,12-13H,10-11H2,1-2H3,(H,20,23). The van der Waals surface area contributed by atoms with Gasteiger partial charge >= 0.3 is 5.97 Å². The van der Waals surface area contributed by atoms with E-state index in [9.17, 15) is 19.7 Å². The van der Waals surface area contributed by atoms with E-state index in [0.29, 0.717) is 5.75 Å². The van der Waals surface area contributed by atoms with Gasteiger partial charge in [-0.1, -0.05) is 18.2 Å². The van der Waals surface area contributed by atoms with Crippen molar-refractivity contribution in [3.05, 3.63) is 58.6 Å². The Morgan fingerprint density at radius 2 is 1.86 bits per heavy atom. The molecule has 0 bridgehead atoms. The fourth-order valence-corrected chi connectivity index (χ4v) is 2.21. The molecule has 2 aromatic carbocycles. The van der Waals surface area contributed by atoms with Gasteiger partial charge in [-0.3, -0.25) is 19.7 Å². The maximum absolute atomic E-state index is 12.2. The SMILES string of the molecule is COc1ccc(NC(=O)C(C)OC(=O)CCOc2ccccc2)c([N+](=O)[O-])c1. The van der Waals surface area contributed by atoms with Crippen molar-refractivity contribution < 1.29 is 28.7 Å². The Labute approximate surface area is 161 Å². The molecule has 9 heteroatoms. The van der Waals surface area contributed by atoms with Gasteiger partial charge in [-0.15, -0.1) is 0 Å². The minimum Gasteiger partial charge on any atom is -0.496 e. The molecule has 0 aliphatic heterocycles. The van der Waals surface area contributed by atoms with Crippen LogP contribution < -0.4 is 14.8 Å². The van der Waals surface area contributed by atoms with Gasteiger partial charge in [-0.05, 0) is 31.2 Å². The lowest BCUT2D eigenvalue weighted by atomic mass is 10.2. The molecule has 0 heterocycles. The summed E-state index contributed by atoms with van der Waals surface area (Å²) in [5, 5.41) is 13.5. The van der Waals surface area contributed by atoms with Gasteiger partial charge in [0.25, 0.3) is 11.6 Å². The lowest BCUT2D eigenvalue weighted by molar-refractivity contribution is -0.384. The summed E-state index contributed by atoms with van der Waals surface area (Å²) in [5.74, 6) is -0.413. The van der Waals surface area contributed by atoms with Gasteiger partial charge < -0.3 is 19.5 Å². The van der Waals surface area contributed by atoms with Gasteiger partial charge in [0.15, 0.2) is 6.10 Å². The first-order chi connectivity index (χ1) is 13.4. The molecule has 148 valence electrons. The zero-order valence-corrected chi connectivity index (χ0v) is 15.4. The number of rotatable bonds is 9. The van der Waals surface area contributed by atoms with Crippen molar-refractivity contribution in [3.63, 3.8) is 0 Å². The molecule has 0 saturated heterocycles. The van der Waals surface area contributed by atoms with Crippen LogP contribution in [0.25, 0.3) is 0 Å². The van der Waals surface area contributed by atoms with Crippen LogP contribution in [-0.4, -0.2) is 36.6 Å². The Bertz CT molecular complexity index is 839. The van der Waals surface area contributed by atoms with Crippen LogP contribution in [0.15, 0.2) is 48.5 Å². The summed E-state index contributed by atoms with van der Waals surface area (Å²) in [7, 11) is 1.38. The van der Waals surface area contributed by atoms with Crippen LogP contribution in [0.5, 0.6) is 11.5 Å². The van der Waals surface area contributed by atoms with Crippen molar-refractivity contribution in [2.75, 3.05) is 19.0 Å². The summed E-state index contributed by atoms with van der Waals surface area (Å²) in [6.07, 6.45) is -1.18. The van der Waals surface area contributed by atoms with E-state index in [4.69, 9.17) is 14.2 Å². The van der Waals surface area contributed by atoms with E-state index in [1.807, 2.05) is 6.07 Å². The second kappa shape index (κ2) is 9.91. The van der Waals surface area contributed by atoms with Crippen LogP contribution >= 0.6 is 0 Å². The highest BCUT2D eigenvalue weighted by atomic mass is 16.6. The number of amides is 1. The van der Waals surface area contributed by atoms with Crippen molar-refractivity contribution in [2.24, 2.45) is 0 Å². The first-order valence-corrected chi connectivity index (χ1v) is 8.41. The summed E-state index contributed by atoms with van der Waals surface area (Å²) in [6.45, 7) is 1.47. The summed E-state index contributed by atoms with van der Waals surface area (Å²) < 4.78 is 15.4. The highest BCUT2D eigenvalue weighted by Gasteiger charge is 2.22. The Morgan fingerprint density at radius 1 is 1.14 bits per heavy atom. The van der Waals surface area contributed by atoms with Crippen molar-refractivity contribution in [1.82, 2.24) is 0 Å². The molecule has 0 aliphatic carbocycles. The van der Waals surface area contributed by atoms with Gasteiger partial charge in [0.1, 0.15) is 17.2 Å². The number of hydrogen-bond acceptors (Lipinski definition) is 7. The smallest absolute Gasteiger partial charge is 0.310 e. The molecular formula is C19H20N2O7. The Hall–Kier alpha value is -3.62. The van der Waals surface area contributed by atoms with E-state index in [1.54, 1.807) is 24.3 Å². The lowest BCUT2D eigenvalue weighted by Gasteiger charge is -2.14. The molecule has 1 atom stereocenters. The molecule has 0 aromatic heterocycles. The molecule has 2 rings (SSSR count). The molecule has 0 aliphatic rings. The van der Waals surface area contributed by atoms with Crippen LogP contribution in [0.1, 0.15) is 13.3 Å². The number of para-hydroxylation sites is 1. The predicted octanol–water partition coefficient (Wildman–Crippen LogP) is 2.94. The average Bonchev–Trinajstić information content (AvgIpc) is 2.68. The van der Waals surface area contributed by atoms with E-state index >= 15 is 0 Å². The number of methoxy groups -OCH3 is 1. The van der Waals surface area contributed by atoms with Crippen LogP contribution in [-0.2, 0) is 14.3 Å². The number of nitrogens with one attached hydrogen (secondary N) is 1. The number of nitro groups is 1. The van der Waals surface area contributed by atoms with E-state index in [0.717, 1.165) is 0 Å².